The molecule has 94 valence electrons. The average molecular weight is 332 g/mol. The quantitative estimate of drug-likeness (QED) is 0.717. The van der Waals surface area contributed by atoms with Crippen LogP contribution >= 0.6 is 27.7 Å². The highest BCUT2D eigenvalue weighted by molar-refractivity contribution is 9.10. The highest BCUT2D eigenvalue weighted by Gasteiger charge is 2.08. The van der Waals surface area contributed by atoms with Gasteiger partial charge in [-0.3, -0.25) is 4.98 Å². The van der Waals surface area contributed by atoms with Gasteiger partial charge in [-0.1, -0.05) is 17.8 Å². The maximum absolute atomic E-state index is 5.95. The fourth-order valence-electron chi connectivity index (χ4n) is 1.81. The van der Waals surface area contributed by atoms with Crippen molar-refractivity contribution in [2.45, 2.75) is 9.92 Å². The van der Waals surface area contributed by atoms with Crippen LogP contribution in [-0.2, 0) is 0 Å². The lowest BCUT2D eigenvalue weighted by Gasteiger charge is -2.08. The van der Waals surface area contributed by atoms with Gasteiger partial charge >= 0.3 is 0 Å². The molecule has 3 aromatic rings. The number of rotatable bonds is 2. The first kappa shape index (κ1) is 12.4. The Hall–Kier alpha value is -1.59. The molecule has 0 fully saturated rings. The lowest BCUT2D eigenvalue weighted by Crippen LogP contribution is -1.91. The number of fused-ring (bicyclic) bond motifs is 1. The van der Waals surface area contributed by atoms with Gasteiger partial charge in [0.15, 0.2) is 0 Å². The summed E-state index contributed by atoms with van der Waals surface area (Å²) < 4.78 is 0.980. The summed E-state index contributed by atoms with van der Waals surface area (Å²) in [5.74, 6) is 0. The zero-order valence-electron chi connectivity index (χ0n) is 9.88. The number of hydrogen-bond acceptors (Lipinski definition) is 4. The third kappa shape index (κ3) is 2.43. The zero-order valence-corrected chi connectivity index (χ0v) is 12.3. The van der Waals surface area contributed by atoms with Crippen LogP contribution in [0.4, 0.5) is 5.69 Å². The van der Waals surface area contributed by atoms with Crippen LogP contribution in [-0.4, -0.2) is 9.97 Å². The van der Waals surface area contributed by atoms with E-state index in [1.165, 1.54) is 0 Å². The Bertz CT molecular complexity index is 746. The summed E-state index contributed by atoms with van der Waals surface area (Å²) in [5.41, 5.74) is 7.48. The van der Waals surface area contributed by atoms with Crippen molar-refractivity contribution >= 4 is 44.3 Å². The van der Waals surface area contributed by atoms with Gasteiger partial charge in [0.05, 0.1) is 15.7 Å². The predicted octanol–water partition coefficient (Wildman–Crippen LogP) is 4.13. The van der Waals surface area contributed by atoms with Gasteiger partial charge in [-0.2, -0.15) is 0 Å². The molecule has 2 N–H and O–H groups in total. The van der Waals surface area contributed by atoms with E-state index in [1.807, 2.05) is 36.4 Å². The summed E-state index contributed by atoms with van der Waals surface area (Å²) >= 11 is 5.11. The van der Waals surface area contributed by atoms with Crippen LogP contribution < -0.4 is 5.73 Å². The van der Waals surface area contributed by atoms with Crippen molar-refractivity contribution in [3.8, 4) is 0 Å². The van der Waals surface area contributed by atoms with E-state index in [2.05, 4.69) is 25.9 Å². The second kappa shape index (κ2) is 5.19. The zero-order chi connectivity index (χ0) is 13.2. The molecule has 0 bridgehead atoms. The molecule has 0 aliphatic rings. The number of nitrogens with zero attached hydrogens (tertiary/aromatic N) is 2. The fraction of sp³-hybridized carbons (Fsp3) is 0. The number of anilines is 1. The van der Waals surface area contributed by atoms with Gasteiger partial charge in [0, 0.05) is 22.7 Å². The molecule has 0 saturated heterocycles. The van der Waals surface area contributed by atoms with E-state index in [9.17, 15) is 0 Å². The summed E-state index contributed by atoms with van der Waals surface area (Å²) in [7, 11) is 0. The van der Waals surface area contributed by atoms with Crippen LogP contribution in [0.15, 0.2) is 63.2 Å². The molecule has 0 amide bonds. The molecule has 1 aromatic carbocycles. The van der Waals surface area contributed by atoms with Gasteiger partial charge in [0.1, 0.15) is 5.03 Å². The van der Waals surface area contributed by atoms with Crippen LogP contribution in [0.3, 0.4) is 0 Å². The molecule has 0 unspecified atom stereocenters. The number of nitrogens with two attached hydrogens (primary N) is 1. The van der Waals surface area contributed by atoms with Crippen molar-refractivity contribution in [2.24, 2.45) is 0 Å². The van der Waals surface area contributed by atoms with Gasteiger partial charge < -0.3 is 5.73 Å². The monoisotopic (exact) mass is 331 g/mol. The Morgan fingerprint density at radius 2 is 1.79 bits per heavy atom. The highest BCUT2D eigenvalue weighted by Crippen LogP contribution is 2.36. The molecule has 0 spiro atoms. The number of halogens is 1. The topological polar surface area (TPSA) is 51.8 Å². The van der Waals surface area contributed by atoms with Crippen molar-refractivity contribution in [1.29, 1.82) is 0 Å². The van der Waals surface area contributed by atoms with Gasteiger partial charge in [-0.15, -0.1) is 0 Å². The largest absolute Gasteiger partial charge is 0.397 e. The van der Waals surface area contributed by atoms with Crippen LogP contribution in [0.2, 0.25) is 0 Å². The molecule has 2 aromatic heterocycles. The first-order chi connectivity index (χ1) is 9.25. The molecule has 0 aliphatic heterocycles. The van der Waals surface area contributed by atoms with E-state index < -0.39 is 0 Å². The third-order valence-corrected chi connectivity index (χ3v) is 4.69. The average Bonchev–Trinajstić information content (AvgIpc) is 2.44. The van der Waals surface area contributed by atoms with Crippen molar-refractivity contribution in [2.75, 3.05) is 5.73 Å². The van der Waals surface area contributed by atoms with Gasteiger partial charge in [-0.25, -0.2) is 4.98 Å². The van der Waals surface area contributed by atoms with E-state index in [0.717, 1.165) is 25.3 Å². The summed E-state index contributed by atoms with van der Waals surface area (Å²) in [6.45, 7) is 0. The smallest absolute Gasteiger partial charge is 0.115 e. The van der Waals surface area contributed by atoms with E-state index in [-0.39, 0.29) is 0 Å². The minimum Gasteiger partial charge on any atom is -0.397 e. The minimum absolute atomic E-state index is 0.694. The van der Waals surface area contributed by atoms with Crippen LogP contribution in [0.5, 0.6) is 0 Å². The van der Waals surface area contributed by atoms with E-state index in [1.54, 1.807) is 24.2 Å². The van der Waals surface area contributed by atoms with Crippen LogP contribution in [0.1, 0.15) is 0 Å². The lowest BCUT2D eigenvalue weighted by atomic mass is 10.2. The number of pyridine rings is 2. The van der Waals surface area contributed by atoms with E-state index >= 15 is 0 Å². The molecule has 5 heteroatoms. The molecule has 0 saturated carbocycles. The first-order valence-corrected chi connectivity index (χ1v) is 7.28. The minimum atomic E-state index is 0.694. The maximum Gasteiger partial charge on any atom is 0.115 e. The lowest BCUT2D eigenvalue weighted by molar-refractivity contribution is 1.11. The molecule has 3 rings (SSSR count). The summed E-state index contributed by atoms with van der Waals surface area (Å²) in [6, 6.07) is 11.7. The molecule has 0 aliphatic carbocycles. The molecule has 0 radical (unpaired) electrons. The number of benzene rings is 1. The maximum atomic E-state index is 5.95. The van der Waals surface area contributed by atoms with Crippen molar-refractivity contribution in [3.05, 3.63) is 53.3 Å². The molecule has 19 heavy (non-hydrogen) atoms. The van der Waals surface area contributed by atoms with Gasteiger partial charge in [0.25, 0.3) is 0 Å². The second-order valence-electron chi connectivity index (χ2n) is 3.94. The summed E-state index contributed by atoms with van der Waals surface area (Å²) in [6.07, 6.45) is 3.54. The van der Waals surface area contributed by atoms with Crippen molar-refractivity contribution in [1.82, 2.24) is 9.97 Å². The molecule has 0 atom stereocenters. The highest BCUT2D eigenvalue weighted by atomic mass is 79.9. The van der Waals surface area contributed by atoms with Crippen LogP contribution in [0.25, 0.3) is 10.9 Å². The summed E-state index contributed by atoms with van der Waals surface area (Å²) in [4.78, 5) is 9.80. The Morgan fingerprint density at radius 3 is 2.63 bits per heavy atom. The second-order valence-corrected chi connectivity index (χ2v) is 5.83. The molecule has 3 nitrogen and oxygen atoms in total. The third-order valence-electron chi connectivity index (χ3n) is 2.69. The number of nitrogen functional groups attached to an aromatic ring is 1. The first-order valence-electron chi connectivity index (χ1n) is 5.67. The number of hydrogen-bond donors (Lipinski definition) is 1. The van der Waals surface area contributed by atoms with Gasteiger partial charge in [-0.05, 0) is 46.3 Å². The Morgan fingerprint density at radius 1 is 1.00 bits per heavy atom. The Kier molecular flexibility index (Phi) is 3.40. The summed E-state index contributed by atoms with van der Waals surface area (Å²) in [5, 5.41) is 1.97. The number of aromatic nitrogens is 2. The SMILES string of the molecule is Nc1ccc(Sc2ncccc2Br)c2cccnc12. The normalized spacial score (nSPS) is 10.8. The Balaban J connectivity index is 2.12. The Labute approximate surface area is 123 Å². The standard InChI is InChI=1S/C14H10BrN3S/c15-10-4-2-8-18-14(10)19-12-6-5-11(16)13-9(12)3-1-7-17-13/h1-8H,16H2. The molecule has 2 heterocycles. The molecular weight excluding hydrogens is 322 g/mol. The van der Waals surface area contributed by atoms with Crippen LogP contribution in [0, 0.1) is 0 Å². The van der Waals surface area contributed by atoms with Gasteiger partial charge in [0.2, 0.25) is 0 Å². The fourth-order valence-corrected chi connectivity index (χ4v) is 3.20. The van der Waals surface area contributed by atoms with E-state index in [0.29, 0.717) is 5.69 Å². The predicted molar refractivity (Wildman–Crippen MR) is 82.2 cm³/mol. The van der Waals surface area contributed by atoms with Crippen molar-refractivity contribution < 1.29 is 0 Å². The molecular formula is C14H10BrN3S. The van der Waals surface area contributed by atoms with Crippen molar-refractivity contribution in [3.63, 3.8) is 0 Å². The van der Waals surface area contributed by atoms with E-state index in [4.69, 9.17) is 5.73 Å².